The Morgan fingerprint density at radius 1 is 0.629 bits per heavy atom. The predicted octanol–water partition coefficient (Wildman–Crippen LogP) is 10.6. The SMILES string of the molecule is CCCOc1cc(NC(=O)OC(C)(C)C)ncc1C1=CCN(C(=O)OC(C)(C)C)CC1.CCCOc1cc(NC(=O)OC(C)(C)C)ncc1C1CCN(C(=O)OC(C)(C)C)CC1. The van der Waals surface area contributed by atoms with Gasteiger partial charge in [-0.05, 0) is 127 Å². The summed E-state index contributed by atoms with van der Waals surface area (Å²) in [7, 11) is 0. The first kappa shape index (κ1) is 51.1. The summed E-state index contributed by atoms with van der Waals surface area (Å²) in [6.45, 7) is 29.4. The van der Waals surface area contributed by atoms with Crippen LogP contribution in [0.15, 0.2) is 30.6 Å². The molecule has 2 aliphatic heterocycles. The Morgan fingerprint density at radius 2 is 1.08 bits per heavy atom. The Morgan fingerprint density at radius 3 is 1.53 bits per heavy atom. The Balaban J connectivity index is 0.000000330. The number of nitrogens with zero attached hydrogens (tertiary/aromatic N) is 4. The lowest BCUT2D eigenvalue weighted by atomic mass is 9.90. The van der Waals surface area contributed by atoms with Crippen LogP contribution >= 0.6 is 0 Å². The van der Waals surface area contributed by atoms with E-state index in [1.54, 1.807) is 55.1 Å². The van der Waals surface area contributed by atoms with E-state index in [9.17, 15) is 19.2 Å². The van der Waals surface area contributed by atoms with Crippen LogP contribution in [0.4, 0.5) is 30.8 Å². The molecule has 346 valence electrons. The van der Waals surface area contributed by atoms with Crippen molar-refractivity contribution in [3.63, 3.8) is 0 Å². The number of amides is 4. The van der Waals surface area contributed by atoms with Crippen molar-refractivity contribution in [3.05, 3.63) is 41.7 Å². The highest BCUT2D eigenvalue weighted by molar-refractivity contribution is 5.85. The molecule has 1 saturated heterocycles. The Kier molecular flexibility index (Phi) is 18.3. The van der Waals surface area contributed by atoms with Gasteiger partial charge in [0.15, 0.2) is 0 Å². The largest absolute Gasteiger partial charge is 0.493 e. The monoisotopic (exact) mass is 869 g/mol. The number of hydrogen-bond donors (Lipinski definition) is 2. The number of carbonyl (C=O) groups is 4. The third kappa shape index (κ3) is 18.4. The highest BCUT2D eigenvalue weighted by atomic mass is 16.6. The summed E-state index contributed by atoms with van der Waals surface area (Å²) in [5.74, 6) is 2.30. The minimum atomic E-state index is -0.599. The third-order valence-electron chi connectivity index (χ3n) is 8.74. The molecule has 2 N–H and O–H groups in total. The van der Waals surface area contributed by atoms with Crippen LogP contribution in [0.25, 0.3) is 5.57 Å². The molecule has 62 heavy (non-hydrogen) atoms. The molecular weight excluding hydrogens is 797 g/mol. The zero-order valence-electron chi connectivity index (χ0n) is 39.6. The van der Waals surface area contributed by atoms with Crippen molar-refractivity contribution in [1.82, 2.24) is 19.8 Å². The van der Waals surface area contributed by atoms with Crippen LogP contribution in [0, 0.1) is 0 Å². The van der Waals surface area contributed by atoms with Crippen LogP contribution < -0.4 is 20.1 Å². The first-order valence-corrected chi connectivity index (χ1v) is 21.7. The van der Waals surface area contributed by atoms with Gasteiger partial charge in [-0.15, -0.1) is 0 Å². The lowest BCUT2D eigenvalue weighted by Gasteiger charge is -2.34. The maximum Gasteiger partial charge on any atom is 0.413 e. The van der Waals surface area contributed by atoms with Crippen molar-refractivity contribution < 1.29 is 47.6 Å². The molecule has 16 heteroatoms. The molecular formula is C46H72N6O10. The number of hydrogen-bond acceptors (Lipinski definition) is 12. The molecule has 0 atom stereocenters. The molecule has 2 aromatic heterocycles. The predicted molar refractivity (Wildman–Crippen MR) is 240 cm³/mol. The molecule has 0 bridgehead atoms. The highest BCUT2D eigenvalue weighted by Crippen LogP contribution is 2.36. The number of carbonyl (C=O) groups excluding carboxylic acids is 4. The minimum Gasteiger partial charge on any atom is -0.493 e. The van der Waals surface area contributed by atoms with Gasteiger partial charge in [0.1, 0.15) is 45.5 Å². The molecule has 1 fully saturated rings. The average molecular weight is 869 g/mol. The van der Waals surface area contributed by atoms with Crippen molar-refractivity contribution in [3.8, 4) is 11.5 Å². The van der Waals surface area contributed by atoms with E-state index in [1.165, 1.54) is 0 Å². The van der Waals surface area contributed by atoms with Crippen LogP contribution in [0.2, 0.25) is 0 Å². The summed E-state index contributed by atoms with van der Waals surface area (Å²) in [5.41, 5.74) is 0.673. The average Bonchev–Trinajstić information content (AvgIpc) is 3.14. The standard InChI is InChI=1S/C23H37N3O5.C23H35N3O5/c2*1-8-13-29-18-14-19(25-20(27)30-22(2,3)4)24-15-17(18)16-9-11-26(12-10-16)21(28)31-23(5,6)7/h14-16H,8-13H2,1-7H3,(H,24,25,27);9,14-15H,8,10-13H2,1-7H3,(H,24,25,27). The number of piperidine rings is 1. The molecule has 0 radical (unpaired) electrons. The maximum absolute atomic E-state index is 12.3. The van der Waals surface area contributed by atoms with E-state index >= 15 is 0 Å². The number of nitrogens with one attached hydrogen (secondary N) is 2. The summed E-state index contributed by atoms with van der Waals surface area (Å²) in [6.07, 6.45) is 7.67. The van der Waals surface area contributed by atoms with Crippen molar-refractivity contribution in [2.45, 2.75) is 157 Å². The molecule has 4 amide bonds. The molecule has 0 spiro atoms. The molecule has 0 saturated carbocycles. The van der Waals surface area contributed by atoms with Crippen LogP contribution in [0.5, 0.6) is 11.5 Å². The van der Waals surface area contributed by atoms with Gasteiger partial charge in [0, 0.05) is 61.8 Å². The lowest BCUT2D eigenvalue weighted by molar-refractivity contribution is 0.0202. The van der Waals surface area contributed by atoms with Gasteiger partial charge in [-0.3, -0.25) is 10.6 Å². The molecule has 0 aliphatic carbocycles. The number of anilines is 2. The quantitative estimate of drug-likeness (QED) is 0.216. The normalized spacial score (nSPS) is 15.0. The summed E-state index contributed by atoms with van der Waals surface area (Å²) < 4.78 is 33.4. The minimum absolute atomic E-state index is 0.216. The zero-order valence-corrected chi connectivity index (χ0v) is 39.6. The number of aromatic nitrogens is 2. The van der Waals surface area contributed by atoms with Crippen molar-refractivity contribution in [2.24, 2.45) is 0 Å². The van der Waals surface area contributed by atoms with Gasteiger partial charge < -0.3 is 38.2 Å². The van der Waals surface area contributed by atoms with Gasteiger partial charge in [0.2, 0.25) is 0 Å². The fourth-order valence-electron chi connectivity index (χ4n) is 6.16. The number of pyridine rings is 2. The first-order chi connectivity index (χ1) is 28.8. The van der Waals surface area contributed by atoms with Crippen molar-refractivity contribution in [2.75, 3.05) is 50.0 Å². The van der Waals surface area contributed by atoms with E-state index in [0.29, 0.717) is 68.9 Å². The zero-order chi connectivity index (χ0) is 46.5. The molecule has 4 heterocycles. The second-order valence-electron chi connectivity index (χ2n) is 19.3. The summed E-state index contributed by atoms with van der Waals surface area (Å²) in [6, 6.07) is 3.45. The number of likely N-dealkylation sites (tertiary alicyclic amines) is 1. The van der Waals surface area contributed by atoms with Crippen LogP contribution in [0.3, 0.4) is 0 Å². The fraction of sp³-hybridized carbons (Fsp3) is 0.652. The van der Waals surface area contributed by atoms with Crippen molar-refractivity contribution >= 4 is 41.6 Å². The topological polar surface area (TPSA) is 180 Å². The van der Waals surface area contributed by atoms with Gasteiger partial charge in [-0.1, -0.05) is 19.9 Å². The van der Waals surface area contributed by atoms with Gasteiger partial charge in [-0.2, -0.15) is 0 Å². The van der Waals surface area contributed by atoms with E-state index < -0.39 is 34.6 Å². The molecule has 2 aliphatic rings. The van der Waals surface area contributed by atoms with E-state index in [0.717, 1.165) is 42.4 Å². The molecule has 2 aromatic rings. The van der Waals surface area contributed by atoms with E-state index in [2.05, 4.69) is 20.6 Å². The third-order valence-corrected chi connectivity index (χ3v) is 8.74. The summed E-state index contributed by atoms with van der Waals surface area (Å²) in [4.78, 5) is 60.9. The highest BCUT2D eigenvalue weighted by Gasteiger charge is 2.30. The Bertz CT molecular complexity index is 1850. The van der Waals surface area contributed by atoms with E-state index in [1.807, 2.05) is 82.2 Å². The molecule has 16 nitrogen and oxygen atoms in total. The van der Waals surface area contributed by atoms with Gasteiger partial charge in [0.05, 0.1) is 13.2 Å². The molecule has 4 rings (SSSR count). The van der Waals surface area contributed by atoms with E-state index in [-0.39, 0.29) is 18.1 Å². The Labute approximate surface area is 368 Å². The molecule has 0 aromatic carbocycles. The van der Waals surface area contributed by atoms with Crippen molar-refractivity contribution in [1.29, 1.82) is 0 Å². The summed E-state index contributed by atoms with van der Waals surface area (Å²) in [5, 5.41) is 5.32. The number of rotatable bonds is 10. The second kappa shape index (κ2) is 22.2. The number of ether oxygens (including phenoxy) is 6. The Hall–Kier alpha value is -5.28. The smallest absolute Gasteiger partial charge is 0.413 e. The van der Waals surface area contributed by atoms with Gasteiger partial charge in [-0.25, -0.2) is 29.1 Å². The lowest BCUT2D eigenvalue weighted by Crippen LogP contribution is -2.41. The van der Waals surface area contributed by atoms with Crippen LogP contribution in [-0.2, 0) is 18.9 Å². The summed E-state index contributed by atoms with van der Waals surface area (Å²) >= 11 is 0. The van der Waals surface area contributed by atoms with E-state index in [4.69, 9.17) is 28.4 Å². The van der Waals surface area contributed by atoms with Gasteiger partial charge in [0.25, 0.3) is 0 Å². The van der Waals surface area contributed by atoms with Crippen LogP contribution in [0.1, 0.15) is 146 Å². The fourth-order valence-corrected chi connectivity index (χ4v) is 6.16. The first-order valence-electron chi connectivity index (χ1n) is 21.7. The molecule has 0 unspecified atom stereocenters. The second-order valence-corrected chi connectivity index (χ2v) is 19.3. The van der Waals surface area contributed by atoms with Crippen LogP contribution in [-0.4, -0.2) is 106 Å². The van der Waals surface area contributed by atoms with Gasteiger partial charge >= 0.3 is 24.4 Å². The maximum atomic E-state index is 12.3.